The Morgan fingerprint density at radius 2 is 2.33 bits per heavy atom. The first-order chi connectivity index (χ1) is 4.41. The molecule has 0 radical (unpaired) electrons. The van der Waals surface area contributed by atoms with Gasteiger partial charge < -0.3 is 4.74 Å². The van der Waals surface area contributed by atoms with Crippen molar-refractivity contribution in [1.29, 1.82) is 0 Å². The molecule has 0 unspecified atom stereocenters. The van der Waals surface area contributed by atoms with Crippen molar-refractivity contribution in [2.24, 2.45) is 0 Å². The van der Waals surface area contributed by atoms with Crippen molar-refractivity contribution in [2.45, 2.75) is 6.42 Å². The maximum absolute atomic E-state index is 5.07. The van der Waals surface area contributed by atoms with Crippen LogP contribution < -0.4 is 0 Å². The average molecular weight is 124 g/mol. The van der Waals surface area contributed by atoms with Crippen LogP contribution in [0, 0.1) is 0 Å². The highest BCUT2D eigenvalue weighted by molar-refractivity contribution is 4.75. The lowest BCUT2D eigenvalue weighted by Gasteiger charge is -1.93. The van der Waals surface area contributed by atoms with Crippen molar-refractivity contribution >= 4 is 0 Å². The predicted octanol–water partition coefficient (Wildman–Crippen LogP) is 1.92. The van der Waals surface area contributed by atoms with E-state index in [2.05, 4.69) is 18.9 Å². The summed E-state index contributed by atoms with van der Waals surface area (Å²) in [6.07, 6.45) is 4.47. The van der Waals surface area contributed by atoms with Crippen LogP contribution in [0.25, 0.3) is 0 Å². The fourth-order valence-electron chi connectivity index (χ4n) is 0.411. The Bertz CT molecular complexity index is 110. The summed E-state index contributed by atoms with van der Waals surface area (Å²) in [6.45, 7) is 8.30. The maximum Gasteiger partial charge on any atom is 0.0644 e. The van der Waals surface area contributed by atoms with Crippen LogP contribution in [0.1, 0.15) is 6.42 Å². The lowest BCUT2D eigenvalue weighted by atomic mass is 10.4. The summed E-state index contributed by atoms with van der Waals surface area (Å²) in [5.74, 6) is 0. The van der Waals surface area contributed by atoms with E-state index in [4.69, 9.17) is 4.74 Å². The van der Waals surface area contributed by atoms with Gasteiger partial charge >= 0.3 is 0 Å². The van der Waals surface area contributed by atoms with Crippen LogP contribution in [0.3, 0.4) is 0 Å². The fourth-order valence-corrected chi connectivity index (χ4v) is 0.411. The Labute approximate surface area is 56.3 Å². The molecule has 0 aliphatic rings. The molecule has 0 rings (SSSR count). The Morgan fingerprint density at radius 3 is 2.89 bits per heavy atom. The van der Waals surface area contributed by atoms with Gasteiger partial charge in [0.05, 0.1) is 13.2 Å². The molecule has 0 spiro atoms. The standard InChI is InChI=1S/C8H12O/c1-3-5-6-8-9-7-4-2/h4-5H,1-2,6-8H2. The quantitative estimate of drug-likeness (QED) is 0.309. The van der Waals surface area contributed by atoms with Crippen molar-refractivity contribution in [3.8, 4) is 0 Å². The summed E-state index contributed by atoms with van der Waals surface area (Å²) in [5, 5.41) is 0. The first kappa shape index (κ1) is 8.22. The van der Waals surface area contributed by atoms with E-state index in [9.17, 15) is 0 Å². The third-order valence-electron chi connectivity index (χ3n) is 0.787. The highest BCUT2D eigenvalue weighted by Gasteiger charge is 1.78. The van der Waals surface area contributed by atoms with Crippen molar-refractivity contribution in [2.75, 3.05) is 13.2 Å². The highest BCUT2D eigenvalue weighted by atomic mass is 16.5. The molecule has 0 N–H and O–H groups in total. The minimum absolute atomic E-state index is 0.630. The summed E-state index contributed by atoms with van der Waals surface area (Å²) >= 11 is 0. The van der Waals surface area contributed by atoms with Gasteiger partial charge in [-0.05, 0) is 12.5 Å². The van der Waals surface area contributed by atoms with Crippen molar-refractivity contribution in [1.82, 2.24) is 0 Å². The monoisotopic (exact) mass is 124 g/mol. The molecule has 1 heteroatoms. The van der Waals surface area contributed by atoms with Crippen LogP contribution in [-0.4, -0.2) is 13.2 Å². The lowest BCUT2D eigenvalue weighted by Crippen LogP contribution is -1.91. The molecule has 0 aromatic heterocycles. The van der Waals surface area contributed by atoms with E-state index in [1.165, 1.54) is 0 Å². The minimum Gasteiger partial charge on any atom is -0.377 e. The van der Waals surface area contributed by atoms with E-state index >= 15 is 0 Å². The maximum atomic E-state index is 5.07. The zero-order valence-electron chi connectivity index (χ0n) is 5.60. The zero-order chi connectivity index (χ0) is 6.95. The largest absolute Gasteiger partial charge is 0.377 e. The van der Waals surface area contributed by atoms with Gasteiger partial charge in [0.2, 0.25) is 0 Å². The van der Waals surface area contributed by atoms with Gasteiger partial charge in [0.25, 0.3) is 0 Å². The summed E-state index contributed by atoms with van der Waals surface area (Å²) < 4.78 is 5.07. The Kier molecular flexibility index (Phi) is 6.59. The Balaban J connectivity index is 2.90. The van der Waals surface area contributed by atoms with Crippen LogP contribution in [0.5, 0.6) is 0 Å². The highest BCUT2D eigenvalue weighted by Crippen LogP contribution is 1.82. The molecule has 0 amide bonds. The lowest BCUT2D eigenvalue weighted by molar-refractivity contribution is 0.168. The van der Waals surface area contributed by atoms with E-state index in [-0.39, 0.29) is 0 Å². The van der Waals surface area contributed by atoms with Gasteiger partial charge in [-0.15, -0.1) is 12.3 Å². The Hall–Kier alpha value is -0.780. The number of hydrogen-bond acceptors (Lipinski definition) is 1. The van der Waals surface area contributed by atoms with Gasteiger partial charge in [0.15, 0.2) is 0 Å². The van der Waals surface area contributed by atoms with Gasteiger partial charge in [-0.3, -0.25) is 0 Å². The smallest absolute Gasteiger partial charge is 0.0644 e. The van der Waals surface area contributed by atoms with E-state index in [0.717, 1.165) is 13.0 Å². The van der Waals surface area contributed by atoms with Crippen molar-refractivity contribution in [3.05, 3.63) is 31.0 Å². The molecule has 50 valence electrons. The molecule has 0 atom stereocenters. The first-order valence-corrected chi connectivity index (χ1v) is 2.94. The molecule has 0 bridgehead atoms. The number of rotatable bonds is 5. The molecule has 0 fully saturated rings. The second-order valence-electron chi connectivity index (χ2n) is 1.56. The second kappa shape index (κ2) is 7.22. The third kappa shape index (κ3) is 7.22. The topological polar surface area (TPSA) is 9.23 Å². The van der Waals surface area contributed by atoms with Crippen molar-refractivity contribution in [3.63, 3.8) is 0 Å². The van der Waals surface area contributed by atoms with Gasteiger partial charge in [0, 0.05) is 0 Å². The molecule has 9 heavy (non-hydrogen) atoms. The fraction of sp³-hybridized carbons (Fsp3) is 0.375. The predicted molar refractivity (Wildman–Crippen MR) is 39.3 cm³/mol. The van der Waals surface area contributed by atoms with Crippen LogP contribution in [0.4, 0.5) is 0 Å². The van der Waals surface area contributed by atoms with Gasteiger partial charge in [-0.1, -0.05) is 12.7 Å². The molecule has 0 aromatic rings. The SMILES string of the molecule is C=C=CCCOCC=C. The second-order valence-corrected chi connectivity index (χ2v) is 1.56. The van der Waals surface area contributed by atoms with Crippen LogP contribution in [-0.2, 0) is 4.74 Å². The molecule has 0 aliphatic heterocycles. The zero-order valence-corrected chi connectivity index (χ0v) is 5.60. The van der Waals surface area contributed by atoms with Crippen molar-refractivity contribution < 1.29 is 4.74 Å². The number of hydrogen-bond donors (Lipinski definition) is 0. The first-order valence-electron chi connectivity index (χ1n) is 2.94. The van der Waals surface area contributed by atoms with Crippen LogP contribution in [0.2, 0.25) is 0 Å². The molecule has 0 saturated carbocycles. The summed E-state index contributed by atoms with van der Waals surface area (Å²) in [5.41, 5.74) is 2.66. The summed E-state index contributed by atoms with van der Waals surface area (Å²) in [7, 11) is 0. The third-order valence-corrected chi connectivity index (χ3v) is 0.787. The van der Waals surface area contributed by atoms with Crippen LogP contribution in [0.15, 0.2) is 31.0 Å². The molecule has 1 nitrogen and oxygen atoms in total. The van der Waals surface area contributed by atoms with E-state index in [1.807, 2.05) is 6.08 Å². The van der Waals surface area contributed by atoms with Gasteiger partial charge in [-0.25, -0.2) is 0 Å². The minimum atomic E-state index is 0.630. The molecule has 0 saturated heterocycles. The molecular weight excluding hydrogens is 112 g/mol. The van der Waals surface area contributed by atoms with E-state index in [0.29, 0.717) is 6.61 Å². The van der Waals surface area contributed by atoms with E-state index < -0.39 is 0 Å². The normalized spacial score (nSPS) is 8.00. The average Bonchev–Trinajstić information content (AvgIpc) is 1.89. The van der Waals surface area contributed by atoms with Gasteiger partial charge in [0.1, 0.15) is 0 Å². The van der Waals surface area contributed by atoms with E-state index in [1.54, 1.807) is 6.08 Å². The molecule has 0 aromatic carbocycles. The number of ether oxygens (including phenoxy) is 1. The van der Waals surface area contributed by atoms with Crippen LogP contribution >= 0.6 is 0 Å². The van der Waals surface area contributed by atoms with Gasteiger partial charge in [-0.2, -0.15) is 0 Å². The summed E-state index contributed by atoms with van der Waals surface area (Å²) in [4.78, 5) is 0. The molecule has 0 aliphatic carbocycles. The summed E-state index contributed by atoms with van der Waals surface area (Å²) in [6, 6.07) is 0. The molecule has 0 heterocycles. The Morgan fingerprint density at radius 1 is 1.56 bits per heavy atom. The molecular formula is C8H12O.